The molecule has 1 N–H and O–H groups in total. The Labute approximate surface area is 195 Å². The monoisotopic (exact) mass is 451 g/mol. The molecule has 1 aromatic heterocycles. The lowest BCUT2D eigenvalue weighted by Gasteiger charge is -2.25. The lowest BCUT2D eigenvalue weighted by atomic mass is 10.0. The highest BCUT2D eigenvalue weighted by Crippen LogP contribution is 2.30. The molecule has 0 saturated carbocycles. The first-order valence-electron chi connectivity index (χ1n) is 10.9. The van der Waals surface area contributed by atoms with E-state index in [1.807, 2.05) is 43.3 Å². The van der Waals surface area contributed by atoms with E-state index in [-0.39, 0.29) is 18.6 Å². The Morgan fingerprint density at radius 2 is 1.81 bits per heavy atom. The third-order valence-electron chi connectivity index (χ3n) is 5.44. The standard InChI is InChI=1S/C26H33N3O2S/c1-20(25-11-8-16-32-25)29(4)18-23-17-22(21-9-6-5-7-10-21)12-13-24(23)31-19-26(30)27-14-15-28(2)3/h5-13,16-17,20H,14-15,18-19H2,1-4H3,(H,27,30). The van der Waals surface area contributed by atoms with Gasteiger partial charge in [-0.05, 0) is 62.8 Å². The van der Waals surface area contributed by atoms with Crippen molar-refractivity contribution >= 4 is 17.2 Å². The normalized spacial score (nSPS) is 12.2. The minimum atomic E-state index is -0.106. The molecule has 0 radical (unpaired) electrons. The molecule has 1 heterocycles. The van der Waals surface area contributed by atoms with Gasteiger partial charge < -0.3 is 15.0 Å². The first-order valence-corrected chi connectivity index (χ1v) is 11.8. The van der Waals surface area contributed by atoms with Crippen molar-refractivity contribution in [2.45, 2.75) is 19.5 Å². The first kappa shape index (κ1) is 24.0. The highest BCUT2D eigenvalue weighted by Gasteiger charge is 2.16. The maximum atomic E-state index is 12.2. The Bertz CT molecular complexity index is 974. The largest absolute Gasteiger partial charge is 0.483 e. The molecule has 170 valence electrons. The van der Waals surface area contributed by atoms with E-state index in [1.54, 1.807) is 11.3 Å². The molecule has 0 bridgehead atoms. The van der Waals surface area contributed by atoms with Gasteiger partial charge in [0.2, 0.25) is 0 Å². The Morgan fingerprint density at radius 1 is 1.03 bits per heavy atom. The van der Waals surface area contributed by atoms with Crippen LogP contribution in [-0.4, -0.2) is 56.5 Å². The number of thiophene rings is 1. The summed E-state index contributed by atoms with van der Waals surface area (Å²) in [6, 6.07) is 21.1. The molecular formula is C26H33N3O2S. The molecule has 0 aliphatic carbocycles. The number of nitrogens with one attached hydrogen (secondary N) is 1. The van der Waals surface area contributed by atoms with Crippen LogP contribution in [0.2, 0.25) is 0 Å². The number of ether oxygens (including phenoxy) is 1. The zero-order chi connectivity index (χ0) is 22.9. The number of likely N-dealkylation sites (N-methyl/N-ethyl adjacent to an activating group) is 1. The predicted molar refractivity (Wildman–Crippen MR) is 133 cm³/mol. The van der Waals surface area contributed by atoms with Gasteiger partial charge in [0.15, 0.2) is 6.61 Å². The molecule has 0 aliphatic heterocycles. The number of nitrogens with zero attached hydrogens (tertiary/aromatic N) is 2. The number of amides is 1. The molecule has 6 heteroatoms. The Hall–Kier alpha value is -2.67. The third kappa shape index (κ3) is 6.92. The molecule has 2 aromatic carbocycles. The second-order valence-corrected chi connectivity index (χ2v) is 9.22. The van der Waals surface area contributed by atoms with Crippen molar-refractivity contribution in [1.29, 1.82) is 0 Å². The number of hydrogen-bond acceptors (Lipinski definition) is 5. The van der Waals surface area contributed by atoms with Gasteiger partial charge in [-0.25, -0.2) is 0 Å². The van der Waals surface area contributed by atoms with Crippen molar-refractivity contribution < 1.29 is 9.53 Å². The van der Waals surface area contributed by atoms with Crippen molar-refractivity contribution in [3.05, 3.63) is 76.5 Å². The minimum Gasteiger partial charge on any atom is -0.483 e. The zero-order valence-corrected chi connectivity index (χ0v) is 20.2. The van der Waals surface area contributed by atoms with Crippen LogP contribution in [0.15, 0.2) is 66.0 Å². The van der Waals surface area contributed by atoms with Crippen LogP contribution in [0.5, 0.6) is 5.75 Å². The smallest absolute Gasteiger partial charge is 0.257 e. The van der Waals surface area contributed by atoms with Crippen molar-refractivity contribution in [2.24, 2.45) is 0 Å². The van der Waals surface area contributed by atoms with E-state index in [0.29, 0.717) is 6.54 Å². The average molecular weight is 452 g/mol. The first-order chi connectivity index (χ1) is 15.4. The van der Waals surface area contributed by atoms with Gasteiger partial charge >= 0.3 is 0 Å². The Balaban J connectivity index is 1.75. The Kier molecular flexibility index (Phi) is 8.85. The molecule has 0 aliphatic rings. The van der Waals surface area contributed by atoms with E-state index in [0.717, 1.165) is 35.5 Å². The van der Waals surface area contributed by atoms with Gasteiger partial charge in [-0.1, -0.05) is 42.5 Å². The summed E-state index contributed by atoms with van der Waals surface area (Å²) in [4.78, 5) is 17.9. The Morgan fingerprint density at radius 3 is 2.50 bits per heavy atom. The summed E-state index contributed by atoms with van der Waals surface area (Å²) < 4.78 is 5.97. The van der Waals surface area contributed by atoms with Gasteiger partial charge in [0.1, 0.15) is 5.75 Å². The van der Waals surface area contributed by atoms with E-state index in [1.165, 1.54) is 4.88 Å². The van der Waals surface area contributed by atoms with Crippen LogP contribution in [-0.2, 0) is 11.3 Å². The minimum absolute atomic E-state index is 0.00923. The molecule has 1 unspecified atom stereocenters. The highest BCUT2D eigenvalue weighted by molar-refractivity contribution is 7.10. The molecule has 1 amide bonds. The summed E-state index contributed by atoms with van der Waals surface area (Å²) >= 11 is 1.77. The number of hydrogen-bond donors (Lipinski definition) is 1. The molecule has 32 heavy (non-hydrogen) atoms. The van der Waals surface area contributed by atoms with Gasteiger partial charge in [-0.2, -0.15) is 0 Å². The fourth-order valence-corrected chi connectivity index (χ4v) is 4.27. The van der Waals surface area contributed by atoms with E-state index in [2.05, 4.69) is 66.0 Å². The highest BCUT2D eigenvalue weighted by atomic mass is 32.1. The molecular weight excluding hydrogens is 418 g/mol. The maximum Gasteiger partial charge on any atom is 0.257 e. The van der Waals surface area contributed by atoms with Crippen LogP contribution < -0.4 is 10.1 Å². The van der Waals surface area contributed by atoms with E-state index in [9.17, 15) is 4.79 Å². The summed E-state index contributed by atoms with van der Waals surface area (Å²) in [7, 11) is 6.09. The zero-order valence-electron chi connectivity index (χ0n) is 19.4. The second kappa shape index (κ2) is 11.8. The number of carbonyl (C=O) groups is 1. The summed E-state index contributed by atoms with van der Waals surface area (Å²) in [6.07, 6.45) is 0. The van der Waals surface area contributed by atoms with Gasteiger partial charge in [0.25, 0.3) is 5.91 Å². The van der Waals surface area contributed by atoms with Crippen LogP contribution in [0.4, 0.5) is 0 Å². The number of rotatable bonds is 11. The fraction of sp³-hybridized carbons (Fsp3) is 0.346. The van der Waals surface area contributed by atoms with Crippen LogP contribution >= 0.6 is 11.3 Å². The molecule has 0 fully saturated rings. The van der Waals surface area contributed by atoms with E-state index in [4.69, 9.17) is 4.74 Å². The average Bonchev–Trinajstić information content (AvgIpc) is 3.33. The molecule has 0 spiro atoms. The molecule has 3 aromatic rings. The van der Waals surface area contributed by atoms with Crippen molar-refractivity contribution in [3.63, 3.8) is 0 Å². The lowest BCUT2D eigenvalue weighted by molar-refractivity contribution is -0.123. The SMILES string of the molecule is CC(c1cccs1)N(C)Cc1cc(-c2ccccc2)ccc1OCC(=O)NCCN(C)C. The molecule has 0 saturated heterocycles. The van der Waals surface area contributed by atoms with Gasteiger partial charge in [-0.15, -0.1) is 11.3 Å². The summed E-state index contributed by atoms with van der Waals surface area (Å²) in [5.41, 5.74) is 3.37. The van der Waals surface area contributed by atoms with Crippen LogP contribution in [0.25, 0.3) is 11.1 Å². The van der Waals surface area contributed by atoms with Gasteiger partial charge in [0, 0.05) is 36.1 Å². The van der Waals surface area contributed by atoms with Crippen molar-refractivity contribution in [1.82, 2.24) is 15.1 Å². The fourth-order valence-electron chi connectivity index (χ4n) is 3.42. The number of carbonyl (C=O) groups excluding carboxylic acids is 1. The molecule has 5 nitrogen and oxygen atoms in total. The lowest BCUT2D eigenvalue weighted by Crippen LogP contribution is -2.34. The third-order valence-corrected chi connectivity index (χ3v) is 6.49. The van der Waals surface area contributed by atoms with Gasteiger partial charge in [-0.3, -0.25) is 9.69 Å². The van der Waals surface area contributed by atoms with E-state index < -0.39 is 0 Å². The van der Waals surface area contributed by atoms with Crippen LogP contribution in [0.3, 0.4) is 0 Å². The van der Waals surface area contributed by atoms with E-state index >= 15 is 0 Å². The molecule has 1 atom stereocenters. The summed E-state index contributed by atoms with van der Waals surface area (Å²) in [5, 5.41) is 5.01. The number of benzene rings is 2. The van der Waals surface area contributed by atoms with Crippen molar-refractivity contribution in [3.8, 4) is 16.9 Å². The predicted octanol–water partition coefficient (Wildman–Crippen LogP) is 4.66. The second-order valence-electron chi connectivity index (χ2n) is 8.24. The van der Waals surface area contributed by atoms with Crippen LogP contribution in [0.1, 0.15) is 23.4 Å². The summed E-state index contributed by atoms with van der Waals surface area (Å²) in [6.45, 7) is 4.35. The van der Waals surface area contributed by atoms with Crippen molar-refractivity contribution in [2.75, 3.05) is 40.8 Å². The topological polar surface area (TPSA) is 44.8 Å². The maximum absolute atomic E-state index is 12.2. The molecule has 3 rings (SSSR count). The van der Waals surface area contributed by atoms with Gasteiger partial charge in [0.05, 0.1) is 0 Å². The van der Waals surface area contributed by atoms with Crippen LogP contribution in [0, 0.1) is 0 Å². The quantitative estimate of drug-likeness (QED) is 0.460. The summed E-state index contributed by atoms with van der Waals surface area (Å²) in [5.74, 6) is 0.642.